The van der Waals surface area contributed by atoms with Gasteiger partial charge in [0, 0.05) is 5.56 Å². The molecule has 3 nitrogen and oxygen atoms in total. The van der Waals surface area contributed by atoms with E-state index in [2.05, 4.69) is 15.9 Å². The van der Waals surface area contributed by atoms with Crippen LogP contribution in [0.3, 0.4) is 0 Å². The van der Waals surface area contributed by atoms with Crippen molar-refractivity contribution in [1.29, 1.82) is 0 Å². The van der Waals surface area contributed by atoms with Gasteiger partial charge in [-0.25, -0.2) is 4.39 Å². The molecule has 0 atom stereocenters. The number of carbonyl (C=O) groups is 1. The monoisotopic (exact) mass is 352 g/mol. The van der Waals surface area contributed by atoms with E-state index in [1.807, 2.05) is 0 Å². The average Bonchev–Trinajstić information content (AvgIpc) is 2.46. The van der Waals surface area contributed by atoms with Gasteiger partial charge in [0.2, 0.25) is 0 Å². The summed E-state index contributed by atoms with van der Waals surface area (Å²) in [4.78, 5) is 12.1. The number of Topliss-reactive ketones (excluding diaryl/α,β-unsaturated/α-hetero) is 1. The highest BCUT2D eigenvalue weighted by Crippen LogP contribution is 2.26. The average molecular weight is 353 g/mol. The summed E-state index contributed by atoms with van der Waals surface area (Å²) in [7, 11) is 1.56. The second-order valence-electron chi connectivity index (χ2n) is 4.47. The minimum Gasteiger partial charge on any atom is -0.496 e. The molecule has 0 saturated carbocycles. The molecular weight excluding hydrogens is 339 g/mol. The number of rotatable bonds is 5. The minimum absolute atomic E-state index is 0.106. The Morgan fingerprint density at radius 3 is 2.52 bits per heavy atom. The molecule has 2 aromatic carbocycles. The largest absolute Gasteiger partial charge is 0.496 e. The molecule has 110 valence electrons. The molecule has 0 N–H and O–H groups in total. The number of ether oxygens (including phenoxy) is 2. The predicted octanol–water partition coefficient (Wildman–Crippen LogP) is 4.17. The molecule has 0 radical (unpaired) electrons. The van der Waals surface area contributed by atoms with Crippen molar-refractivity contribution in [3.05, 3.63) is 57.8 Å². The van der Waals surface area contributed by atoms with Crippen molar-refractivity contribution in [3.63, 3.8) is 0 Å². The molecule has 0 unspecified atom stereocenters. The number of halogens is 2. The van der Waals surface area contributed by atoms with E-state index in [0.717, 1.165) is 0 Å². The van der Waals surface area contributed by atoms with Crippen LogP contribution in [0.15, 0.2) is 40.9 Å². The second-order valence-corrected chi connectivity index (χ2v) is 5.33. The fraction of sp³-hybridized carbons (Fsp3) is 0.188. The van der Waals surface area contributed by atoms with Gasteiger partial charge in [0.1, 0.15) is 17.3 Å². The van der Waals surface area contributed by atoms with Crippen molar-refractivity contribution in [2.75, 3.05) is 13.7 Å². The quantitative estimate of drug-likeness (QED) is 0.757. The molecular formula is C16H14BrFO3. The molecule has 0 heterocycles. The maximum Gasteiger partial charge on any atom is 0.200 e. The Bertz CT molecular complexity index is 671. The van der Waals surface area contributed by atoms with Crippen molar-refractivity contribution in [2.45, 2.75) is 6.92 Å². The topological polar surface area (TPSA) is 35.5 Å². The third-order valence-corrected chi connectivity index (χ3v) is 3.59. The SMILES string of the molecule is COc1ccc(C(=O)COc2ccc(F)cc2C)cc1Br. The van der Waals surface area contributed by atoms with Gasteiger partial charge in [-0.1, -0.05) is 0 Å². The Balaban J connectivity index is 2.06. The van der Waals surface area contributed by atoms with Crippen LogP contribution in [0.25, 0.3) is 0 Å². The minimum atomic E-state index is -0.328. The fourth-order valence-corrected chi connectivity index (χ4v) is 2.38. The van der Waals surface area contributed by atoms with Gasteiger partial charge < -0.3 is 9.47 Å². The third kappa shape index (κ3) is 3.82. The van der Waals surface area contributed by atoms with Gasteiger partial charge in [0.15, 0.2) is 12.4 Å². The summed E-state index contributed by atoms with van der Waals surface area (Å²) in [5.41, 5.74) is 1.17. The Morgan fingerprint density at radius 1 is 1.19 bits per heavy atom. The summed E-state index contributed by atoms with van der Waals surface area (Å²) in [5.74, 6) is 0.659. The lowest BCUT2D eigenvalue weighted by molar-refractivity contribution is 0.0921. The van der Waals surface area contributed by atoms with E-state index in [0.29, 0.717) is 27.1 Å². The van der Waals surface area contributed by atoms with Gasteiger partial charge in [-0.05, 0) is 64.8 Å². The number of benzene rings is 2. The molecule has 0 aromatic heterocycles. The van der Waals surface area contributed by atoms with Crippen molar-refractivity contribution < 1.29 is 18.7 Å². The van der Waals surface area contributed by atoms with E-state index in [-0.39, 0.29) is 18.2 Å². The summed E-state index contributed by atoms with van der Waals surface area (Å²) in [6.07, 6.45) is 0. The van der Waals surface area contributed by atoms with Crippen molar-refractivity contribution in [2.24, 2.45) is 0 Å². The maximum absolute atomic E-state index is 13.0. The van der Waals surface area contributed by atoms with Crippen LogP contribution in [0.4, 0.5) is 4.39 Å². The van der Waals surface area contributed by atoms with Crippen molar-refractivity contribution in [3.8, 4) is 11.5 Å². The van der Waals surface area contributed by atoms with Gasteiger partial charge in [0.05, 0.1) is 11.6 Å². The predicted molar refractivity (Wildman–Crippen MR) is 81.7 cm³/mol. The van der Waals surface area contributed by atoms with E-state index in [4.69, 9.17) is 9.47 Å². The summed E-state index contributed by atoms with van der Waals surface area (Å²) in [6, 6.07) is 9.25. The summed E-state index contributed by atoms with van der Waals surface area (Å²) >= 11 is 3.33. The number of aryl methyl sites for hydroxylation is 1. The standard InChI is InChI=1S/C16H14BrFO3/c1-10-7-12(18)4-6-15(10)21-9-14(19)11-3-5-16(20-2)13(17)8-11/h3-8H,9H2,1-2H3. The second kappa shape index (κ2) is 6.72. The van der Waals surface area contributed by atoms with E-state index in [1.165, 1.54) is 18.2 Å². The van der Waals surface area contributed by atoms with Crippen LogP contribution in [-0.2, 0) is 0 Å². The van der Waals surface area contributed by atoms with Crippen molar-refractivity contribution >= 4 is 21.7 Å². The van der Waals surface area contributed by atoms with E-state index in [9.17, 15) is 9.18 Å². The number of hydrogen-bond donors (Lipinski definition) is 0. The zero-order chi connectivity index (χ0) is 15.4. The molecule has 0 bridgehead atoms. The molecule has 0 aliphatic heterocycles. The first-order valence-electron chi connectivity index (χ1n) is 6.27. The number of ketones is 1. The molecule has 2 rings (SSSR count). The third-order valence-electron chi connectivity index (χ3n) is 2.97. The maximum atomic E-state index is 13.0. The fourth-order valence-electron chi connectivity index (χ4n) is 1.84. The molecule has 21 heavy (non-hydrogen) atoms. The lowest BCUT2D eigenvalue weighted by Gasteiger charge is -2.09. The van der Waals surface area contributed by atoms with Crippen LogP contribution in [0.1, 0.15) is 15.9 Å². The van der Waals surface area contributed by atoms with Gasteiger partial charge >= 0.3 is 0 Å². The van der Waals surface area contributed by atoms with Gasteiger partial charge in [-0.3, -0.25) is 4.79 Å². The Kier molecular flexibility index (Phi) is 4.96. The molecule has 0 spiro atoms. The first-order valence-corrected chi connectivity index (χ1v) is 7.06. The lowest BCUT2D eigenvalue weighted by Crippen LogP contribution is -2.12. The van der Waals surface area contributed by atoms with E-state index < -0.39 is 0 Å². The molecule has 0 saturated heterocycles. The molecule has 5 heteroatoms. The van der Waals surface area contributed by atoms with Crippen LogP contribution < -0.4 is 9.47 Å². The number of carbonyl (C=O) groups excluding carboxylic acids is 1. The highest BCUT2D eigenvalue weighted by atomic mass is 79.9. The molecule has 0 fully saturated rings. The Labute approximate surface area is 130 Å². The molecule has 0 amide bonds. The van der Waals surface area contributed by atoms with Crippen LogP contribution in [0.5, 0.6) is 11.5 Å². The number of hydrogen-bond acceptors (Lipinski definition) is 3. The zero-order valence-corrected chi connectivity index (χ0v) is 13.2. The van der Waals surface area contributed by atoms with E-state index >= 15 is 0 Å². The normalized spacial score (nSPS) is 10.3. The smallest absolute Gasteiger partial charge is 0.200 e. The first kappa shape index (κ1) is 15.5. The first-order chi connectivity index (χ1) is 10.0. The van der Waals surface area contributed by atoms with Crippen LogP contribution in [0.2, 0.25) is 0 Å². The zero-order valence-electron chi connectivity index (χ0n) is 11.7. The van der Waals surface area contributed by atoms with Crippen LogP contribution >= 0.6 is 15.9 Å². The summed E-state index contributed by atoms with van der Waals surface area (Å²) in [6.45, 7) is 1.62. The molecule has 2 aromatic rings. The Hall–Kier alpha value is -1.88. The van der Waals surface area contributed by atoms with E-state index in [1.54, 1.807) is 32.2 Å². The molecule has 0 aliphatic rings. The molecule has 0 aliphatic carbocycles. The summed E-state index contributed by atoms with van der Waals surface area (Å²) in [5, 5.41) is 0. The van der Waals surface area contributed by atoms with Gasteiger partial charge in [-0.2, -0.15) is 0 Å². The van der Waals surface area contributed by atoms with Crippen LogP contribution in [-0.4, -0.2) is 19.5 Å². The van der Waals surface area contributed by atoms with Crippen molar-refractivity contribution in [1.82, 2.24) is 0 Å². The summed E-state index contributed by atoms with van der Waals surface area (Å²) < 4.78 is 24.2. The van der Waals surface area contributed by atoms with Gasteiger partial charge in [-0.15, -0.1) is 0 Å². The highest BCUT2D eigenvalue weighted by molar-refractivity contribution is 9.10. The van der Waals surface area contributed by atoms with Crippen LogP contribution in [0, 0.1) is 12.7 Å². The Morgan fingerprint density at radius 2 is 1.90 bits per heavy atom. The number of methoxy groups -OCH3 is 1. The highest BCUT2D eigenvalue weighted by Gasteiger charge is 2.11. The lowest BCUT2D eigenvalue weighted by atomic mass is 10.1. The van der Waals surface area contributed by atoms with Gasteiger partial charge in [0.25, 0.3) is 0 Å².